The van der Waals surface area contributed by atoms with Crippen LogP contribution in [-0.2, 0) is 16.6 Å². The van der Waals surface area contributed by atoms with Crippen LogP contribution >= 0.6 is 0 Å². The van der Waals surface area contributed by atoms with Gasteiger partial charge in [0.15, 0.2) is 0 Å². The van der Waals surface area contributed by atoms with E-state index in [0.29, 0.717) is 28.4 Å². The zero-order chi connectivity index (χ0) is 22.2. The molecular weight excluding hydrogens is 412 g/mol. The second-order valence-corrected chi connectivity index (χ2v) is 9.50. The molecule has 0 saturated heterocycles. The van der Waals surface area contributed by atoms with Gasteiger partial charge in [0.25, 0.3) is 11.8 Å². The number of nitrogens with one attached hydrogen (secondary N) is 1. The Hall–Kier alpha value is -3.03. The highest BCUT2D eigenvalue weighted by Gasteiger charge is 2.34. The number of amides is 2. The summed E-state index contributed by atoms with van der Waals surface area (Å²) >= 11 is 0. The summed E-state index contributed by atoms with van der Waals surface area (Å²) in [5.41, 5.74) is 2.66. The summed E-state index contributed by atoms with van der Waals surface area (Å²) in [4.78, 5) is 27.2. The van der Waals surface area contributed by atoms with E-state index in [9.17, 15) is 18.0 Å². The van der Waals surface area contributed by atoms with E-state index in [1.807, 2.05) is 38.1 Å². The van der Waals surface area contributed by atoms with Crippen LogP contribution in [0.15, 0.2) is 59.5 Å². The molecule has 3 aromatic rings. The van der Waals surface area contributed by atoms with Crippen molar-refractivity contribution < 1.29 is 18.0 Å². The number of nitrogens with zero attached hydrogens (tertiary/aromatic N) is 1. The van der Waals surface area contributed by atoms with Gasteiger partial charge in [0.1, 0.15) is 0 Å². The molecule has 0 atom stereocenters. The molecule has 0 aliphatic carbocycles. The van der Waals surface area contributed by atoms with Crippen LogP contribution in [0.25, 0.3) is 10.8 Å². The summed E-state index contributed by atoms with van der Waals surface area (Å²) in [6, 6.07) is 15.5. The molecule has 1 heterocycles. The topological polar surface area (TPSA) is 83.6 Å². The summed E-state index contributed by atoms with van der Waals surface area (Å²) in [5, 5.41) is 0.784. The highest BCUT2D eigenvalue weighted by molar-refractivity contribution is 7.89. The Kier molecular flexibility index (Phi) is 5.64. The van der Waals surface area contributed by atoms with Crippen LogP contribution in [0.2, 0.25) is 0 Å². The summed E-state index contributed by atoms with van der Waals surface area (Å²) in [7, 11) is -3.86. The molecule has 0 saturated carbocycles. The Morgan fingerprint density at radius 2 is 1.58 bits per heavy atom. The van der Waals surface area contributed by atoms with E-state index in [4.69, 9.17) is 0 Å². The number of hydrogen-bond acceptors (Lipinski definition) is 4. The third-order valence-electron chi connectivity index (χ3n) is 5.56. The Morgan fingerprint density at radius 1 is 0.903 bits per heavy atom. The summed E-state index contributed by atoms with van der Waals surface area (Å²) in [5.74, 6) is -0.752. The molecule has 1 N–H and O–H groups in total. The first kappa shape index (κ1) is 21.2. The summed E-state index contributed by atoms with van der Waals surface area (Å²) in [6.45, 7) is 4.46. The third kappa shape index (κ3) is 3.86. The summed E-state index contributed by atoms with van der Waals surface area (Å²) in [6.07, 6.45) is 1.58. The van der Waals surface area contributed by atoms with E-state index >= 15 is 0 Å². The van der Waals surface area contributed by atoms with E-state index in [1.54, 1.807) is 18.2 Å². The molecule has 0 aromatic heterocycles. The van der Waals surface area contributed by atoms with Gasteiger partial charge in [-0.3, -0.25) is 14.5 Å². The number of benzene rings is 3. The zero-order valence-corrected chi connectivity index (χ0v) is 18.3. The van der Waals surface area contributed by atoms with Crippen LogP contribution in [0.5, 0.6) is 0 Å². The third-order valence-corrected chi connectivity index (χ3v) is 7.02. The van der Waals surface area contributed by atoms with Crippen molar-refractivity contribution in [2.24, 2.45) is 0 Å². The van der Waals surface area contributed by atoms with E-state index in [2.05, 4.69) is 4.72 Å². The van der Waals surface area contributed by atoms with Crippen molar-refractivity contribution in [3.63, 3.8) is 0 Å². The maximum absolute atomic E-state index is 13.1. The zero-order valence-electron chi connectivity index (χ0n) is 17.5. The Morgan fingerprint density at radius 3 is 2.26 bits per heavy atom. The average molecular weight is 437 g/mol. The van der Waals surface area contributed by atoms with Crippen molar-refractivity contribution >= 4 is 32.6 Å². The van der Waals surface area contributed by atoms with Crippen molar-refractivity contribution in [3.8, 4) is 0 Å². The Balaban J connectivity index is 1.74. The lowest BCUT2D eigenvalue weighted by molar-refractivity contribution is 0.0608. The van der Waals surface area contributed by atoms with Crippen molar-refractivity contribution in [1.82, 2.24) is 9.62 Å². The van der Waals surface area contributed by atoms with Crippen LogP contribution in [0, 0.1) is 6.92 Å². The first-order valence-corrected chi connectivity index (χ1v) is 11.8. The van der Waals surface area contributed by atoms with Gasteiger partial charge in [-0.25, -0.2) is 13.1 Å². The second-order valence-electron chi connectivity index (χ2n) is 7.77. The van der Waals surface area contributed by atoms with Gasteiger partial charge in [0.2, 0.25) is 10.0 Å². The number of carbonyl (C=O) groups is 2. The molecule has 0 bridgehead atoms. The van der Waals surface area contributed by atoms with Crippen LogP contribution in [0.4, 0.5) is 0 Å². The monoisotopic (exact) mass is 436 g/mol. The number of hydrogen-bond donors (Lipinski definition) is 1. The predicted octanol–water partition coefficient (Wildman–Crippen LogP) is 4.02. The minimum atomic E-state index is -3.86. The van der Waals surface area contributed by atoms with Gasteiger partial charge in [-0.05, 0) is 37.1 Å². The van der Waals surface area contributed by atoms with Gasteiger partial charge >= 0.3 is 0 Å². The molecule has 2 amide bonds. The lowest BCUT2D eigenvalue weighted by atomic mass is 9.94. The molecule has 4 rings (SSSR count). The smallest absolute Gasteiger partial charge is 0.261 e. The minimum absolute atomic E-state index is 0.0582. The molecule has 31 heavy (non-hydrogen) atoms. The molecule has 0 fully saturated rings. The predicted molar refractivity (Wildman–Crippen MR) is 119 cm³/mol. The first-order valence-electron chi connectivity index (χ1n) is 10.3. The molecular formula is C24H24N2O4S. The average Bonchev–Trinajstić information content (AvgIpc) is 2.76. The Bertz CT molecular complexity index is 1260. The quantitative estimate of drug-likeness (QED) is 0.567. The van der Waals surface area contributed by atoms with E-state index in [1.165, 1.54) is 17.0 Å². The molecule has 0 spiro atoms. The van der Waals surface area contributed by atoms with Crippen molar-refractivity contribution in [1.29, 1.82) is 0 Å². The maximum Gasteiger partial charge on any atom is 0.261 e. The van der Waals surface area contributed by atoms with Crippen molar-refractivity contribution in [2.75, 3.05) is 6.54 Å². The standard InChI is InChI=1S/C24H24N2O4S/c1-3-4-14-26-23(27)19-7-5-6-18-21(13-12-20(22(18)19)24(26)28)31(29,30)25-15-17-10-8-16(2)9-11-17/h5-13,25H,3-4,14-15H2,1-2H3. The van der Waals surface area contributed by atoms with Crippen LogP contribution in [0.3, 0.4) is 0 Å². The number of sulfonamides is 1. The van der Waals surface area contributed by atoms with E-state index < -0.39 is 10.0 Å². The molecule has 3 aromatic carbocycles. The number of carbonyl (C=O) groups excluding carboxylic acids is 2. The number of imide groups is 1. The molecule has 0 unspecified atom stereocenters. The SMILES string of the molecule is CCCCN1C(=O)c2cccc3c(S(=O)(=O)NCc4ccc(C)cc4)ccc(c23)C1=O. The van der Waals surface area contributed by atoms with Crippen LogP contribution < -0.4 is 4.72 Å². The molecule has 6 nitrogen and oxygen atoms in total. The fourth-order valence-electron chi connectivity index (χ4n) is 3.84. The minimum Gasteiger partial charge on any atom is -0.274 e. The van der Waals surface area contributed by atoms with E-state index in [0.717, 1.165) is 24.0 Å². The fraction of sp³-hybridized carbons (Fsp3) is 0.250. The van der Waals surface area contributed by atoms with Gasteiger partial charge in [0, 0.05) is 35.0 Å². The van der Waals surface area contributed by atoms with Crippen molar-refractivity contribution in [2.45, 2.75) is 38.1 Å². The molecule has 7 heteroatoms. The van der Waals surface area contributed by atoms with Crippen LogP contribution in [-0.4, -0.2) is 31.7 Å². The lowest BCUT2D eigenvalue weighted by Gasteiger charge is -2.27. The maximum atomic E-state index is 13.1. The number of rotatable bonds is 7. The largest absolute Gasteiger partial charge is 0.274 e. The lowest BCUT2D eigenvalue weighted by Crippen LogP contribution is -2.41. The summed E-state index contributed by atoms with van der Waals surface area (Å²) < 4.78 is 28.8. The normalized spacial score (nSPS) is 13.8. The highest BCUT2D eigenvalue weighted by Crippen LogP contribution is 2.34. The molecule has 0 radical (unpaired) electrons. The van der Waals surface area contributed by atoms with Gasteiger partial charge in [-0.15, -0.1) is 0 Å². The fourth-order valence-corrected chi connectivity index (χ4v) is 5.05. The molecule has 1 aliphatic heterocycles. The van der Waals surface area contributed by atoms with Gasteiger partial charge < -0.3 is 0 Å². The van der Waals surface area contributed by atoms with Crippen molar-refractivity contribution in [3.05, 3.63) is 76.9 Å². The van der Waals surface area contributed by atoms with Gasteiger partial charge in [0.05, 0.1) is 4.90 Å². The Labute approximate surface area is 181 Å². The highest BCUT2D eigenvalue weighted by atomic mass is 32.2. The van der Waals surface area contributed by atoms with E-state index in [-0.39, 0.29) is 23.3 Å². The number of aryl methyl sites for hydroxylation is 1. The van der Waals surface area contributed by atoms with Gasteiger partial charge in [-0.1, -0.05) is 55.3 Å². The van der Waals surface area contributed by atoms with Gasteiger partial charge in [-0.2, -0.15) is 0 Å². The number of unbranched alkanes of at least 4 members (excludes halogenated alkanes) is 1. The first-order chi connectivity index (χ1) is 14.8. The second kappa shape index (κ2) is 8.24. The molecule has 1 aliphatic rings. The van der Waals surface area contributed by atoms with Crippen LogP contribution in [0.1, 0.15) is 51.6 Å². The molecule has 160 valence electrons.